The lowest BCUT2D eigenvalue weighted by Crippen LogP contribution is -2.10. The largest absolute Gasteiger partial charge is 0.378 e. The highest BCUT2D eigenvalue weighted by Crippen LogP contribution is 2.29. The fourth-order valence-corrected chi connectivity index (χ4v) is 2.66. The average molecular weight is 339 g/mol. The van der Waals surface area contributed by atoms with Crippen LogP contribution in [0.25, 0.3) is 0 Å². The average Bonchev–Trinajstić information content (AvgIpc) is 2.40. The van der Waals surface area contributed by atoms with Crippen molar-refractivity contribution in [2.45, 2.75) is 26.3 Å². The van der Waals surface area contributed by atoms with Crippen LogP contribution in [0.5, 0.6) is 0 Å². The van der Waals surface area contributed by atoms with Crippen LogP contribution in [-0.2, 0) is 0 Å². The molecule has 0 amide bonds. The van der Waals surface area contributed by atoms with E-state index in [4.69, 9.17) is 11.6 Å². The van der Waals surface area contributed by atoms with E-state index in [1.54, 1.807) is 0 Å². The minimum absolute atomic E-state index is 0.270. The van der Waals surface area contributed by atoms with Gasteiger partial charge < -0.3 is 5.32 Å². The molecule has 100 valence electrons. The predicted octanol–water partition coefficient (Wildman–Crippen LogP) is 5.97. The Morgan fingerprint density at radius 3 is 2.63 bits per heavy atom. The fourth-order valence-electron chi connectivity index (χ4n) is 2.10. The zero-order chi connectivity index (χ0) is 13.8. The minimum atomic E-state index is 0.270. The summed E-state index contributed by atoms with van der Waals surface area (Å²) in [7, 11) is 0. The van der Waals surface area contributed by atoms with Gasteiger partial charge in [0.05, 0.1) is 6.04 Å². The molecule has 1 N–H and O–H groups in total. The van der Waals surface area contributed by atoms with Gasteiger partial charge in [-0.15, -0.1) is 0 Å². The second-order valence-electron chi connectivity index (χ2n) is 4.57. The molecular weight excluding hydrogens is 322 g/mol. The number of halogens is 2. The summed E-state index contributed by atoms with van der Waals surface area (Å²) in [4.78, 5) is 0. The topological polar surface area (TPSA) is 12.0 Å². The first-order chi connectivity index (χ1) is 9.11. The second-order valence-corrected chi connectivity index (χ2v) is 5.86. The third-order valence-corrected chi connectivity index (χ3v) is 4.35. The molecule has 0 bridgehead atoms. The third kappa shape index (κ3) is 3.52. The maximum atomic E-state index is 6.07. The van der Waals surface area contributed by atoms with Crippen LogP contribution in [0, 0.1) is 6.92 Å². The van der Waals surface area contributed by atoms with E-state index in [-0.39, 0.29) is 6.04 Å². The smallest absolute Gasteiger partial charge is 0.0511 e. The van der Waals surface area contributed by atoms with Crippen LogP contribution in [-0.4, -0.2) is 0 Å². The van der Waals surface area contributed by atoms with Gasteiger partial charge in [0.1, 0.15) is 0 Å². The molecule has 19 heavy (non-hydrogen) atoms. The van der Waals surface area contributed by atoms with Crippen LogP contribution in [0.4, 0.5) is 5.69 Å². The van der Waals surface area contributed by atoms with Gasteiger partial charge in [0.2, 0.25) is 0 Å². The second kappa shape index (κ2) is 6.44. The van der Waals surface area contributed by atoms with Crippen molar-refractivity contribution < 1.29 is 0 Å². The van der Waals surface area contributed by atoms with Gasteiger partial charge in [-0.05, 0) is 48.7 Å². The lowest BCUT2D eigenvalue weighted by atomic mass is 10.0. The van der Waals surface area contributed by atoms with Crippen LogP contribution >= 0.6 is 27.5 Å². The quantitative estimate of drug-likeness (QED) is 0.723. The van der Waals surface area contributed by atoms with E-state index in [1.807, 2.05) is 24.3 Å². The van der Waals surface area contributed by atoms with Crippen molar-refractivity contribution in [3.8, 4) is 0 Å². The fraction of sp³-hybridized carbons (Fsp3) is 0.250. The molecule has 0 aliphatic rings. The Bertz CT molecular complexity index is 568. The minimum Gasteiger partial charge on any atom is -0.378 e. The van der Waals surface area contributed by atoms with Crippen LogP contribution in [0.15, 0.2) is 46.9 Å². The number of anilines is 1. The van der Waals surface area contributed by atoms with Gasteiger partial charge in [0.15, 0.2) is 0 Å². The van der Waals surface area contributed by atoms with Gasteiger partial charge in [-0.25, -0.2) is 0 Å². The summed E-state index contributed by atoms with van der Waals surface area (Å²) in [6.07, 6.45) is 1.01. The number of benzene rings is 2. The van der Waals surface area contributed by atoms with E-state index in [9.17, 15) is 0 Å². The molecule has 0 heterocycles. The summed E-state index contributed by atoms with van der Waals surface area (Å²) < 4.78 is 1.12. The summed E-state index contributed by atoms with van der Waals surface area (Å²) in [5.41, 5.74) is 3.60. The highest BCUT2D eigenvalue weighted by molar-refractivity contribution is 9.10. The molecule has 1 atom stereocenters. The molecule has 2 rings (SSSR count). The standard InChI is InChI=1S/C16H17BrClN/c1-3-15(12-6-4-7-13(18)10-12)19-16-9-5-8-14(17)11(16)2/h4-10,15,19H,3H2,1-2H3. The Balaban J connectivity index is 2.26. The molecule has 0 saturated carbocycles. The van der Waals surface area contributed by atoms with E-state index < -0.39 is 0 Å². The first-order valence-corrected chi connectivity index (χ1v) is 7.56. The zero-order valence-corrected chi connectivity index (χ0v) is 13.4. The SMILES string of the molecule is CCC(Nc1cccc(Br)c1C)c1cccc(Cl)c1. The van der Waals surface area contributed by atoms with Crippen molar-refractivity contribution in [1.82, 2.24) is 0 Å². The molecule has 0 aliphatic heterocycles. The molecule has 2 aromatic carbocycles. The van der Waals surface area contributed by atoms with Gasteiger partial charge in [-0.3, -0.25) is 0 Å². The van der Waals surface area contributed by atoms with E-state index in [0.717, 1.165) is 21.6 Å². The number of nitrogens with one attached hydrogen (secondary N) is 1. The lowest BCUT2D eigenvalue weighted by molar-refractivity contribution is 0.748. The van der Waals surface area contributed by atoms with Crippen molar-refractivity contribution in [1.29, 1.82) is 0 Å². The maximum absolute atomic E-state index is 6.07. The van der Waals surface area contributed by atoms with Crippen LogP contribution in [0.2, 0.25) is 5.02 Å². The van der Waals surface area contributed by atoms with Crippen molar-refractivity contribution >= 4 is 33.2 Å². The Labute approximate surface area is 128 Å². The summed E-state index contributed by atoms with van der Waals surface area (Å²) in [6.45, 7) is 4.28. The third-order valence-electron chi connectivity index (χ3n) is 3.26. The van der Waals surface area contributed by atoms with E-state index >= 15 is 0 Å². The van der Waals surface area contributed by atoms with Crippen molar-refractivity contribution in [3.63, 3.8) is 0 Å². The molecule has 1 nitrogen and oxygen atoms in total. The first-order valence-electron chi connectivity index (χ1n) is 6.39. The van der Waals surface area contributed by atoms with Crippen LogP contribution in [0.1, 0.15) is 30.5 Å². The highest BCUT2D eigenvalue weighted by atomic mass is 79.9. The van der Waals surface area contributed by atoms with Crippen molar-refractivity contribution in [2.24, 2.45) is 0 Å². The van der Waals surface area contributed by atoms with Gasteiger partial charge in [-0.1, -0.05) is 52.7 Å². The Hall–Kier alpha value is -0.990. The van der Waals surface area contributed by atoms with Gasteiger partial charge in [-0.2, -0.15) is 0 Å². The summed E-state index contributed by atoms with van der Waals surface area (Å²) >= 11 is 9.63. The molecule has 3 heteroatoms. The van der Waals surface area contributed by atoms with Gasteiger partial charge >= 0.3 is 0 Å². The number of rotatable bonds is 4. The van der Waals surface area contributed by atoms with Gasteiger partial charge in [0.25, 0.3) is 0 Å². The van der Waals surface area contributed by atoms with E-state index in [2.05, 4.69) is 53.3 Å². The van der Waals surface area contributed by atoms with Crippen LogP contribution in [0.3, 0.4) is 0 Å². The molecule has 0 spiro atoms. The molecule has 0 fully saturated rings. The highest BCUT2D eigenvalue weighted by Gasteiger charge is 2.11. The van der Waals surface area contributed by atoms with E-state index in [1.165, 1.54) is 11.1 Å². The number of hydrogen-bond acceptors (Lipinski definition) is 1. The molecule has 0 aliphatic carbocycles. The van der Waals surface area contributed by atoms with E-state index in [0.29, 0.717) is 0 Å². The Morgan fingerprint density at radius 1 is 1.21 bits per heavy atom. The molecule has 2 aromatic rings. The summed E-state index contributed by atoms with van der Waals surface area (Å²) in [5.74, 6) is 0. The lowest BCUT2D eigenvalue weighted by Gasteiger charge is -2.21. The molecule has 1 unspecified atom stereocenters. The summed E-state index contributed by atoms with van der Waals surface area (Å²) in [5, 5.41) is 4.37. The number of hydrogen-bond donors (Lipinski definition) is 1. The molecular formula is C16H17BrClN. The summed E-state index contributed by atoms with van der Waals surface area (Å²) in [6, 6.07) is 14.5. The predicted molar refractivity (Wildman–Crippen MR) is 87.0 cm³/mol. The maximum Gasteiger partial charge on any atom is 0.0511 e. The van der Waals surface area contributed by atoms with Crippen molar-refractivity contribution in [3.05, 3.63) is 63.1 Å². The van der Waals surface area contributed by atoms with Gasteiger partial charge in [0, 0.05) is 15.2 Å². The Kier molecular flexibility index (Phi) is 4.89. The molecule has 0 aromatic heterocycles. The molecule has 0 saturated heterocycles. The molecule has 0 radical (unpaired) electrons. The zero-order valence-electron chi connectivity index (χ0n) is 11.1. The Morgan fingerprint density at radius 2 is 1.95 bits per heavy atom. The first kappa shape index (κ1) is 14.4. The van der Waals surface area contributed by atoms with Crippen molar-refractivity contribution in [2.75, 3.05) is 5.32 Å². The normalized spacial score (nSPS) is 12.2. The van der Waals surface area contributed by atoms with Crippen LogP contribution < -0.4 is 5.32 Å². The monoisotopic (exact) mass is 337 g/mol.